The van der Waals surface area contributed by atoms with Crippen molar-refractivity contribution in [3.8, 4) is 11.4 Å². The van der Waals surface area contributed by atoms with E-state index in [9.17, 15) is 4.79 Å². The Bertz CT molecular complexity index is 743. The maximum absolute atomic E-state index is 12.5. The van der Waals surface area contributed by atoms with Crippen LogP contribution < -0.4 is 11.1 Å². The predicted molar refractivity (Wildman–Crippen MR) is 99.6 cm³/mol. The Morgan fingerprint density at radius 2 is 2.12 bits per heavy atom. The number of aromatic amines is 1. The number of carbonyl (C=O) groups is 1. The fraction of sp³-hybridized carbons (Fsp3) is 0.500. The van der Waals surface area contributed by atoms with Gasteiger partial charge in [0.25, 0.3) is 0 Å². The van der Waals surface area contributed by atoms with E-state index in [-0.39, 0.29) is 24.2 Å². The molecule has 4 rings (SSSR count). The van der Waals surface area contributed by atoms with E-state index < -0.39 is 0 Å². The first-order valence-corrected chi connectivity index (χ1v) is 8.78. The van der Waals surface area contributed by atoms with Crippen LogP contribution in [0.4, 0.5) is 5.69 Å². The third-order valence-corrected chi connectivity index (χ3v) is 5.15. The molecule has 2 saturated carbocycles. The zero-order chi connectivity index (χ0) is 16.5. The second kappa shape index (κ2) is 7.54. The summed E-state index contributed by atoms with van der Waals surface area (Å²) in [5, 5.41) is 10.4. The molecule has 2 aromatic rings. The lowest BCUT2D eigenvalue weighted by Gasteiger charge is -2.17. The quantitative estimate of drug-likeness (QED) is 0.762. The second-order valence-electron chi connectivity index (χ2n) is 6.92. The van der Waals surface area contributed by atoms with Crippen LogP contribution >= 0.6 is 12.4 Å². The van der Waals surface area contributed by atoms with Crippen LogP contribution in [0.25, 0.3) is 11.4 Å². The smallest absolute Gasteiger partial charge is 0.227 e. The van der Waals surface area contributed by atoms with E-state index in [2.05, 4.69) is 20.5 Å². The van der Waals surface area contributed by atoms with E-state index in [0.717, 1.165) is 36.3 Å². The number of nitrogens with zero attached hydrogens (tertiary/aromatic N) is 2. The van der Waals surface area contributed by atoms with Gasteiger partial charge in [0.2, 0.25) is 5.91 Å². The van der Waals surface area contributed by atoms with Gasteiger partial charge in [0, 0.05) is 23.1 Å². The summed E-state index contributed by atoms with van der Waals surface area (Å²) in [6.07, 6.45) is 5.44. The standard InChI is InChI=1S/C18H23N5O.ClH/c19-10-13-4-2-6-15(13)18(24)20-14-5-1-3-12(9-14)17-21-16(22-23-17)11-7-8-11;/h1,3,5,9,11,13,15H,2,4,6-8,10,19H2,(H,20,24)(H,21,22,23);1H/t13-,15-;/m1./s1. The molecule has 2 aliphatic carbocycles. The number of amides is 1. The molecule has 6 nitrogen and oxygen atoms in total. The fourth-order valence-electron chi connectivity index (χ4n) is 3.58. The molecule has 4 N–H and O–H groups in total. The van der Waals surface area contributed by atoms with Crippen LogP contribution in [0.2, 0.25) is 0 Å². The third-order valence-electron chi connectivity index (χ3n) is 5.15. The number of benzene rings is 1. The topological polar surface area (TPSA) is 96.7 Å². The Morgan fingerprint density at radius 1 is 1.28 bits per heavy atom. The van der Waals surface area contributed by atoms with Gasteiger partial charge in [-0.1, -0.05) is 18.6 Å². The van der Waals surface area contributed by atoms with Gasteiger partial charge in [0.05, 0.1) is 0 Å². The molecule has 134 valence electrons. The van der Waals surface area contributed by atoms with Crippen molar-refractivity contribution in [3.05, 3.63) is 30.1 Å². The largest absolute Gasteiger partial charge is 0.330 e. The molecular formula is C18H24ClN5O. The van der Waals surface area contributed by atoms with Crippen molar-refractivity contribution in [2.24, 2.45) is 17.6 Å². The summed E-state index contributed by atoms with van der Waals surface area (Å²) in [6.45, 7) is 0.583. The Morgan fingerprint density at radius 3 is 2.88 bits per heavy atom. The average Bonchev–Trinajstić information content (AvgIpc) is 3.14. The molecule has 1 aromatic carbocycles. The van der Waals surface area contributed by atoms with Gasteiger partial charge < -0.3 is 11.1 Å². The van der Waals surface area contributed by atoms with Crippen molar-refractivity contribution in [1.82, 2.24) is 15.2 Å². The summed E-state index contributed by atoms with van der Waals surface area (Å²) < 4.78 is 0. The minimum atomic E-state index is 0. The summed E-state index contributed by atoms with van der Waals surface area (Å²) >= 11 is 0. The van der Waals surface area contributed by atoms with Crippen LogP contribution in [0.1, 0.15) is 43.8 Å². The lowest BCUT2D eigenvalue weighted by molar-refractivity contribution is -0.120. The molecule has 0 aliphatic heterocycles. The van der Waals surface area contributed by atoms with E-state index >= 15 is 0 Å². The molecule has 2 fully saturated rings. The highest BCUT2D eigenvalue weighted by Gasteiger charge is 2.32. The number of rotatable bonds is 5. The third kappa shape index (κ3) is 3.85. The molecule has 0 spiro atoms. The molecule has 0 radical (unpaired) electrons. The Labute approximate surface area is 153 Å². The SMILES string of the molecule is Cl.NC[C@H]1CCC[C@H]1C(=O)Nc1cccc(-c2n[nH]c(C3CC3)n2)c1. The lowest BCUT2D eigenvalue weighted by Crippen LogP contribution is -2.29. The Kier molecular flexibility index (Phi) is 5.39. The molecule has 0 bridgehead atoms. The first kappa shape index (κ1) is 17.9. The van der Waals surface area contributed by atoms with E-state index in [1.54, 1.807) is 0 Å². The van der Waals surface area contributed by atoms with Crippen molar-refractivity contribution in [2.45, 2.75) is 38.0 Å². The number of nitrogens with one attached hydrogen (secondary N) is 2. The first-order chi connectivity index (χ1) is 11.7. The van der Waals surface area contributed by atoms with Gasteiger partial charge >= 0.3 is 0 Å². The molecule has 2 aliphatic rings. The summed E-state index contributed by atoms with van der Waals surface area (Å²) in [6, 6.07) is 7.73. The lowest BCUT2D eigenvalue weighted by atomic mass is 9.95. The van der Waals surface area contributed by atoms with Crippen molar-refractivity contribution >= 4 is 24.0 Å². The molecule has 1 amide bonds. The summed E-state index contributed by atoms with van der Waals surface area (Å²) in [5.74, 6) is 2.62. The number of hydrogen-bond acceptors (Lipinski definition) is 4. The average molecular weight is 362 g/mol. The predicted octanol–water partition coefficient (Wildman–Crippen LogP) is 3.08. The number of carbonyl (C=O) groups excluding carboxylic acids is 1. The number of anilines is 1. The van der Waals surface area contributed by atoms with Crippen LogP contribution in [0.15, 0.2) is 24.3 Å². The Hall–Kier alpha value is -1.92. The van der Waals surface area contributed by atoms with Crippen molar-refractivity contribution in [3.63, 3.8) is 0 Å². The zero-order valence-corrected chi connectivity index (χ0v) is 14.9. The van der Waals surface area contributed by atoms with Gasteiger partial charge in [-0.3, -0.25) is 9.89 Å². The van der Waals surface area contributed by atoms with Gasteiger partial charge in [-0.25, -0.2) is 4.98 Å². The van der Waals surface area contributed by atoms with Crippen LogP contribution in [0.3, 0.4) is 0 Å². The van der Waals surface area contributed by atoms with Gasteiger partial charge in [0.15, 0.2) is 5.82 Å². The van der Waals surface area contributed by atoms with Crippen LogP contribution in [0, 0.1) is 11.8 Å². The summed E-state index contributed by atoms with van der Waals surface area (Å²) in [5.41, 5.74) is 7.49. The minimum absolute atomic E-state index is 0. The monoisotopic (exact) mass is 361 g/mol. The van der Waals surface area contributed by atoms with Crippen LogP contribution in [-0.2, 0) is 4.79 Å². The van der Waals surface area contributed by atoms with E-state index in [1.807, 2.05) is 24.3 Å². The van der Waals surface area contributed by atoms with Crippen LogP contribution in [-0.4, -0.2) is 27.6 Å². The van der Waals surface area contributed by atoms with Gasteiger partial charge in [0.1, 0.15) is 5.82 Å². The minimum Gasteiger partial charge on any atom is -0.330 e. The number of halogens is 1. The molecular weight excluding hydrogens is 338 g/mol. The second-order valence-corrected chi connectivity index (χ2v) is 6.92. The van der Waals surface area contributed by atoms with Gasteiger partial charge in [-0.05, 0) is 50.3 Å². The maximum atomic E-state index is 12.5. The van der Waals surface area contributed by atoms with E-state index in [4.69, 9.17) is 5.73 Å². The Balaban J connectivity index is 0.00000182. The molecule has 1 heterocycles. The van der Waals surface area contributed by atoms with Crippen molar-refractivity contribution in [2.75, 3.05) is 11.9 Å². The van der Waals surface area contributed by atoms with Crippen molar-refractivity contribution in [1.29, 1.82) is 0 Å². The number of nitrogens with two attached hydrogens (primary N) is 1. The molecule has 0 saturated heterocycles. The van der Waals surface area contributed by atoms with Gasteiger partial charge in [-0.2, -0.15) is 5.10 Å². The normalized spacial score (nSPS) is 22.4. The molecule has 1 aromatic heterocycles. The molecule has 2 atom stereocenters. The van der Waals surface area contributed by atoms with E-state index in [1.165, 1.54) is 12.8 Å². The number of aromatic nitrogens is 3. The zero-order valence-electron chi connectivity index (χ0n) is 14.1. The van der Waals surface area contributed by atoms with Crippen molar-refractivity contribution < 1.29 is 4.79 Å². The number of hydrogen-bond donors (Lipinski definition) is 3. The highest BCUT2D eigenvalue weighted by atomic mass is 35.5. The fourth-order valence-corrected chi connectivity index (χ4v) is 3.58. The van der Waals surface area contributed by atoms with Gasteiger partial charge in [-0.15, -0.1) is 12.4 Å². The first-order valence-electron chi connectivity index (χ1n) is 8.78. The number of H-pyrrole nitrogens is 1. The summed E-state index contributed by atoms with van der Waals surface area (Å²) in [4.78, 5) is 17.1. The molecule has 0 unspecified atom stereocenters. The van der Waals surface area contributed by atoms with E-state index in [0.29, 0.717) is 24.2 Å². The molecule has 25 heavy (non-hydrogen) atoms. The molecule has 7 heteroatoms. The van der Waals surface area contributed by atoms with Crippen LogP contribution in [0.5, 0.6) is 0 Å². The highest BCUT2D eigenvalue weighted by molar-refractivity contribution is 5.93. The highest BCUT2D eigenvalue weighted by Crippen LogP contribution is 2.38. The summed E-state index contributed by atoms with van der Waals surface area (Å²) in [7, 11) is 0. The maximum Gasteiger partial charge on any atom is 0.227 e.